The standard InChI is InChI=1S/C24H25ClF2N4O6/c1-11(32)28-4-5-34-12-6-15(26)13(16(27)7-12)2-3-17-14(25)8-18-23(29-17)31-24(30-18)37-20-10-36-21-19(33)9-35-22(20)21/h6-8,19-22,33H,2-5,9-10H2,1H3,(H,28,32)(H,29,30,31)/t19-,20-,21-,22-/m1/s1. The quantitative estimate of drug-likeness (QED) is 0.353. The molecule has 0 bridgehead atoms. The summed E-state index contributed by atoms with van der Waals surface area (Å²) in [7, 11) is 0. The van der Waals surface area contributed by atoms with E-state index < -0.39 is 36.1 Å². The number of aromatic amines is 1. The number of carbonyl (C=O) groups excluding carboxylic acids is 1. The lowest BCUT2D eigenvalue weighted by Crippen LogP contribution is -2.34. The highest BCUT2D eigenvalue weighted by Gasteiger charge is 2.48. The lowest BCUT2D eigenvalue weighted by atomic mass is 10.1. The van der Waals surface area contributed by atoms with Gasteiger partial charge in [-0.05, 0) is 18.9 Å². The topological polar surface area (TPSA) is 128 Å². The Labute approximate surface area is 215 Å². The van der Waals surface area contributed by atoms with Crippen molar-refractivity contribution in [1.82, 2.24) is 20.3 Å². The SMILES string of the molecule is CC(=O)NCCOc1cc(F)c(CCc2nc3nc(O[C@@H]4CO[C@H]5[C@@H]4OC[C@H]5O)[nH]c3cc2Cl)c(F)c1. The molecule has 3 aromatic rings. The summed E-state index contributed by atoms with van der Waals surface area (Å²) in [4.78, 5) is 22.7. The number of halogens is 3. The van der Waals surface area contributed by atoms with Gasteiger partial charge in [0.15, 0.2) is 11.8 Å². The molecule has 0 spiro atoms. The monoisotopic (exact) mass is 538 g/mol. The maximum atomic E-state index is 14.6. The number of amides is 1. The number of nitrogens with zero attached hydrogens (tertiary/aromatic N) is 2. The zero-order chi connectivity index (χ0) is 26.1. The van der Waals surface area contributed by atoms with E-state index in [1.165, 1.54) is 6.92 Å². The molecule has 0 unspecified atom stereocenters. The second-order valence-corrected chi connectivity index (χ2v) is 9.25. The number of fused-ring (bicyclic) bond motifs is 2. The highest BCUT2D eigenvalue weighted by molar-refractivity contribution is 6.31. The van der Waals surface area contributed by atoms with Crippen molar-refractivity contribution in [3.05, 3.63) is 46.1 Å². The Morgan fingerprint density at radius 2 is 1.95 bits per heavy atom. The second-order valence-electron chi connectivity index (χ2n) is 8.85. The third-order valence-electron chi connectivity index (χ3n) is 6.19. The van der Waals surface area contributed by atoms with Crippen LogP contribution in [0.2, 0.25) is 5.02 Å². The Kier molecular flexibility index (Phi) is 7.43. The van der Waals surface area contributed by atoms with Crippen LogP contribution in [0.5, 0.6) is 11.8 Å². The van der Waals surface area contributed by atoms with Crippen molar-refractivity contribution in [2.75, 3.05) is 26.4 Å². The first-order valence-corrected chi connectivity index (χ1v) is 12.1. The molecule has 1 aromatic carbocycles. The van der Waals surface area contributed by atoms with Crippen molar-refractivity contribution in [2.45, 2.75) is 44.2 Å². The predicted octanol–water partition coefficient (Wildman–Crippen LogP) is 2.10. The van der Waals surface area contributed by atoms with E-state index in [2.05, 4.69) is 20.3 Å². The largest absolute Gasteiger partial charge is 0.492 e. The fraction of sp³-hybridized carbons (Fsp3) is 0.458. The Morgan fingerprint density at radius 3 is 2.70 bits per heavy atom. The zero-order valence-electron chi connectivity index (χ0n) is 19.8. The van der Waals surface area contributed by atoms with Gasteiger partial charge in [0.25, 0.3) is 6.01 Å². The molecular formula is C24H25ClF2N4O6. The van der Waals surface area contributed by atoms with E-state index in [0.29, 0.717) is 21.9 Å². The fourth-order valence-corrected chi connectivity index (χ4v) is 4.64. The first kappa shape index (κ1) is 25.6. The van der Waals surface area contributed by atoms with E-state index >= 15 is 0 Å². The number of ether oxygens (including phenoxy) is 4. The van der Waals surface area contributed by atoms with Gasteiger partial charge in [-0.15, -0.1) is 0 Å². The van der Waals surface area contributed by atoms with Gasteiger partial charge in [0.1, 0.15) is 42.3 Å². The Bertz CT molecular complexity index is 1280. The van der Waals surface area contributed by atoms with E-state index in [9.17, 15) is 18.7 Å². The third-order valence-corrected chi connectivity index (χ3v) is 6.52. The number of aliphatic hydroxyl groups is 1. The third kappa shape index (κ3) is 5.61. The summed E-state index contributed by atoms with van der Waals surface area (Å²) in [6, 6.07) is 4.03. The minimum Gasteiger partial charge on any atom is -0.492 e. The molecule has 4 atom stereocenters. The summed E-state index contributed by atoms with van der Waals surface area (Å²) >= 11 is 6.38. The molecule has 2 aromatic heterocycles. The number of hydrogen-bond donors (Lipinski definition) is 3. The Morgan fingerprint density at radius 1 is 1.19 bits per heavy atom. The Hall–Kier alpha value is -3.06. The van der Waals surface area contributed by atoms with Crippen molar-refractivity contribution in [2.24, 2.45) is 0 Å². The van der Waals surface area contributed by atoms with E-state index in [0.717, 1.165) is 12.1 Å². The molecule has 198 valence electrons. The van der Waals surface area contributed by atoms with Crippen LogP contribution in [0.25, 0.3) is 11.2 Å². The molecule has 2 fully saturated rings. The van der Waals surface area contributed by atoms with E-state index in [-0.39, 0.29) is 62.4 Å². The summed E-state index contributed by atoms with van der Waals surface area (Å²) < 4.78 is 51.5. The van der Waals surface area contributed by atoms with E-state index in [1.807, 2.05) is 0 Å². The minimum absolute atomic E-state index is 0.0119. The number of imidazole rings is 1. The van der Waals surface area contributed by atoms with Gasteiger partial charge >= 0.3 is 0 Å². The van der Waals surface area contributed by atoms with Gasteiger partial charge in [-0.3, -0.25) is 4.79 Å². The summed E-state index contributed by atoms with van der Waals surface area (Å²) in [5.74, 6) is -1.69. The van der Waals surface area contributed by atoms with Crippen LogP contribution < -0.4 is 14.8 Å². The minimum atomic E-state index is -0.751. The van der Waals surface area contributed by atoms with Gasteiger partial charge in [0.2, 0.25) is 5.91 Å². The van der Waals surface area contributed by atoms with Gasteiger partial charge in [-0.2, -0.15) is 4.98 Å². The van der Waals surface area contributed by atoms with Crippen LogP contribution in [0.3, 0.4) is 0 Å². The smallest absolute Gasteiger partial charge is 0.296 e. The highest BCUT2D eigenvalue weighted by Crippen LogP contribution is 2.30. The van der Waals surface area contributed by atoms with Crippen LogP contribution >= 0.6 is 11.6 Å². The van der Waals surface area contributed by atoms with Crippen LogP contribution in [0.4, 0.5) is 8.78 Å². The maximum Gasteiger partial charge on any atom is 0.296 e. The molecule has 5 rings (SSSR count). The van der Waals surface area contributed by atoms with E-state index in [4.69, 9.17) is 30.5 Å². The summed E-state index contributed by atoms with van der Waals surface area (Å²) in [6.07, 6.45) is -1.78. The van der Waals surface area contributed by atoms with Crippen LogP contribution in [-0.2, 0) is 27.1 Å². The first-order chi connectivity index (χ1) is 17.8. The van der Waals surface area contributed by atoms with Crippen molar-refractivity contribution in [1.29, 1.82) is 0 Å². The molecule has 2 saturated heterocycles. The molecule has 3 N–H and O–H groups in total. The average molecular weight is 539 g/mol. The number of H-pyrrole nitrogens is 1. The van der Waals surface area contributed by atoms with Crippen molar-refractivity contribution in [3.8, 4) is 11.8 Å². The molecule has 2 aliphatic heterocycles. The molecular weight excluding hydrogens is 514 g/mol. The molecule has 1 amide bonds. The molecule has 0 aliphatic carbocycles. The average Bonchev–Trinajstić information content (AvgIpc) is 3.53. The van der Waals surface area contributed by atoms with Crippen LogP contribution in [0.15, 0.2) is 18.2 Å². The van der Waals surface area contributed by atoms with Gasteiger partial charge in [0, 0.05) is 24.6 Å². The van der Waals surface area contributed by atoms with Crippen molar-refractivity contribution >= 4 is 28.7 Å². The number of aliphatic hydroxyl groups excluding tert-OH is 1. The molecule has 0 radical (unpaired) electrons. The van der Waals surface area contributed by atoms with Gasteiger partial charge in [0.05, 0.1) is 36.0 Å². The molecule has 13 heteroatoms. The van der Waals surface area contributed by atoms with Gasteiger partial charge in [-0.1, -0.05) is 11.6 Å². The number of pyridine rings is 1. The number of hydrogen-bond acceptors (Lipinski definition) is 8. The normalized spacial score (nSPS) is 22.8. The number of benzene rings is 1. The number of rotatable bonds is 9. The summed E-state index contributed by atoms with van der Waals surface area (Å²) in [6.45, 7) is 2.10. The van der Waals surface area contributed by atoms with Crippen LogP contribution in [0, 0.1) is 11.6 Å². The molecule has 0 saturated carbocycles. The molecule has 2 aliphatic rings. The van der Waals surface area contributed by atoms with Crippen molar-refractivity contribution < 1.29 is 37.6 Å². The molecule has 4 heterocycles. The van der Waals surface area contributed by atoms with E-state index in [1.54, 1.807) is 6.07 Å². The van der Waals surface area contributed by atoms with Gasteiger partial charge in [-0.25, -0.2) is 13.8 Å². The highest BCUT2D eigenvalue weighted by atomic mass is 35.5. The zero-order valence-corrected chi connectivity index (χ0v) is 20.6. The summed E-state index contributed by atoms with van der Waals surface area (Å²) in [5.41, 5.74) is 1.17. The van der Waals surface area contributed by atoms with Crippen LogP contribution in [0.1, 0.15) is 18.2 Å². The fourth-order valence-electron chi connectivity index (χ4n) is 4.39. The van der Waals surface area contributed by atoms with Crippen LogP contribution in [-0.4, -0.2) is 76.7 Å². The van der Waals surface area contributed by atoms with Crippen molar-refractivity contribution in [3.63, 3.8) is 0 Å². The first-order valence-electron chi connectivity index (χ1n) is 11.8. The predicted molar refractivity (Wildman–Crippen MR) is 127 cm³/mol. The number of carbonyl (C=O) groups is 1. The Balaban J connectivity index is 1.23. The number of aromatic nitrogens is 3. The molecule has 10 nitrogen and oxygen atoms in total. The lowest BCUT2D eigenvalue weighted by Gasteiger charge is -2.15. The van der Waals surface area contributed by atoms with Gasteiger partial charge < -0.3 is 34.4 Å². The lowest BCUT2D eigenvalue weighted by molar-refractivity contribution is -0.119. The number of nitrogens with one attached hydrogen (secondary N) is 2. The number of aryl methyl sites for hydroxylation is 1. The molecule has 37 heavy (non-hydrogen) atoms. The second kappa shape index (κ2) is 10.7. The summed E-state index contributed by atoms with van der Waals surface area (Å²) in [5, 5.41) is 12.7. The maximum absolute atomic E-state index is 14.6.